The molecule has 1 heterocycles. The molecule has 0 saturated heterocycles. The minimum Gasteiger partial charge on any atom is -0.383 e. The standard InChI is InChI=1S/C12H20N2O3/c1-15-8-9-17-11-10-16-7-6-14-12-2-4-13-5-3-12/h2-5H,6-11H2,1H3,(H,13,14). The normalized spacial score (nSPS) is 10.4. The van der Waals surface area contributed by atoms with E-state index in [1.54, 1.807) is 19.5 Å². The number of aromatic nitrogens is 1. The first kappa shape index (κ1) is 13.9. The van der Waals surface area contributed by atoms with E-state index in [9.17, 15) is 0 Å². The average Bonchev–Trinajstić information content (AvgIpc) is 2.38. The second kappa shape index (κ2) is 10.0. The molecule has 96 valence electrons. The van der Waals surface area contributed by atoms with Crippen LogP contribution in [-0.2, 0) is 14.2 Å². The lowest BCUT2D eigenvalue weighted by molar-refractivity contribution is 0.0272. The summed E-state index contributed by atoms with van der Waals surface area (Å²) >= 11 is 0. The smallest absolute Gasteiger partial charge is 0.0701 e. The highest BCUT2D eigenvalue weighted by molar-refractivity contribution is 5.40. The van der Waals surface area contributed by atoms with Crippen LogP contribution in [0.25, 0.3) is 0 Å². The molecular formula is C12H20N2O3. The number of anilines is 1. The van der Waals surface area contributed by atoms with Crippen LogP contribution in [0.4, 0.5) is 5.69 Å². The molecule has 0 spiro atoms. The number of methoxy groups -OCH3 is 1. The Bertz CT molecular complexity index is 270. The maximum atomic E-state index is 5.39. The van der Waals surface area contributed by atoms with Gasteiger partial charge in [-0.1, -0.05) is 0 Å². The summed E-state index contributed by atoms with van der Waals surface area (Å²) in [5, 5.41) is 3.23. The second-order valence-corrected chi connectivity index (χ2v) is 3.38. The topological polar surface area (TPSA) is 52.6 Å². The Morgan fingerprint density at radius 3 is 2.35 bits per heavy atom. The summed E-state index contributed by atoms with van der Waals surface area (Å²) < 4.78 is 15.5. The highest BCUT2D eigenvalue weighted by atomic mass is 16.5. The molecule has 0 fully saturated rings. The van der Waals surface area contributed by atoms with E-state index in [0.29, 0.717) is 33.0 Å². The largest absolute Gasteiger partial charge is 0.383 e. The first-order chi connectivity index (χ1) is 8.43. The van der Waals surface area contributed by atoms with Gasteiger partial charge in [-0.05, 0) is 12.1 Å². The van der Waals surface area contributed by atoms with Crippen LogP contribution in [0.1, 0.15) is 0 Å². The quantitative estimate of drug-likeness (QED) is 0.622. The summed E-state index contributed by atoms with van der Waals surface area (Å²) in [6.07, 6.45) is 3.51. The third kappa shape index (κ3) is 7.68. The minimum atomic E-state index is 0.610. The third-order valence-electron chi connectivity index (χ3n) is 2.06. The van der Waals surface area contributed by atoms with E-state index in [1.165, 1.54) is 0 Å². The van der Waals surface area contributed by atoms with Gasteiger partial charge in [-0.2, -0.15) is 0 Å². The fourth-order valence-electron chi connectivity index (χ4n) is 1.20. The number of ether oxygens (including phenoxy) is 3. The van der Waals surface area contributed by atoms with Crippen molar-refractivity contribution < 1.29 is 14.2 Å². The van der Waals surface area contributed by atoms with Crippen molar-refractivity contribution in [1.29, 1.82) is 0 Å². The maximum Gasteiger partial charge on any atom is 0.0701 e. The van der Waals surface area contributed by atoms with Gasteiger partial charge in [0, 0.05) is 31.7 Å². The van der Waals surface area contributed by atoms with Gasteiger partial charge in [0.15, 0.2) is 0 Å². The monoisotopic (exact) mass is 240 g/mol. The first-order valence-electron chi connectivity index (χ1n) is 5.72. The fourth-order valence-corrected chi connectivity index (χ4v) is 1.20. The maximum absolute atomic E-state index is 5.39. The Labute approximate surface area is 102 Å². The molecule has 0 aromatic carbocycles. The van der Waals surface area contributed by atoms with Gasteiger partial charge in [0.25, 0.3) is 0 Å². The molecule has 0 aliphatic heterocycles. The van der Waals surface area contributed by atoms with Crippen molar-refractivity contribution >= 4 is 5.69 Å². The Hall–Kier alpha value is -1.17. The second-order valence-electron chi connectivity index (χ2n) is 3.38. The van der Waals surface area contributed by atoms with Crippen molar-refractivity contribution in [2.45, 2.75) is 0 Å². The van der Waals surface area contributed by atoms with E-state index in [1.807, 2.05) is 12.1 Å². The molecule has 5 heteroatoms. The van der Waals surface area contributed by atoms with Crippen molar-refractivity contribution in [2.75, 3.05) is 52.0 Å². The third-order valence-corrected chi connectivity index (χ3v) is 2.06. The molecule has 1 aromatic heterocycles. The van der Waals surface area contributed by atoms with Gasteiger partial charge in [0.05, 0.1) is 33.0 Å². The summed E-state index contributed by atoms with van der Waals surface area (Å²) in [6.45, 7) is 3.91. The Kier molecular flexibility index (Phi) is 8.18. The van der Waals surface area contributed by atoms with Crippen LogP contribution in [0.2, 0.25) is 0 Å². The van der Waals surface area contributed by atoms with Crippen LogP contribution < -0.4 is 5.32 Å². The van der Waals surface area contributed by atoms with Gasteiger partial charge >= 0.3 is 0 Å². The lowest BCUT2D eigenvalue weighted by Gasteiger charge is -2.07. The van der Waals surface area contributed by atoms with Gasteiger partial charge in [0.2, 0.25) is 0 Å². The van der Waals surface area contributed by atoms with E-state index in [0.717, 1.165) is 12.2 Å². The van der Waals surface area contributed by atoms with E-state index >= 15 is 0 Å². The van der Waals surface area contributed by atoms with Gasteiger partial charge in [-0.3, -0.25) is 4.98 Å². The minimum absolute atomic E-state index is 0.610. The van der Waals surface area contributed by atoms with E-state index < -0.39 is 0 Å². The average molecular weight is 240 g/mol. The lowest BCUT2D eigenvalue weighted by Crippen LogP contribution is -2.13. The van der Waals surface area contributed by atoms with Crippen LogP contribution in [0.15, 0.2) is 24.5 Å². The first-order valence-corrected chi connectivity index (χ1v) is 5.72. The van der Waals surface area contributed by atoms with Crippen LogP contribution in [0.5, 0.6) is 0 Å². The Balaban J connectivity index is 1.85. The zero-order valence-corrected chi connectivity index (χ0v) is 10.2. The number of rotatable bonds is 10. The summed E-state index contributed by atoms with van der Waals surface area (Å²) in [4.78, 5) is 3.94. The number of hydrogen-bond donors (Lipinski definition) is 1. The number of pyridine rings is 1. The number of hydrogen-bond acceptors (Lipinski definition) is 5. The van der Waals surface area contributed by atoms with E-state index in [2.05, 4.69) is 10.3 Å². The molecule has 1 N–H and O–H groups in total. The van der Waals surface area contributed by atoms with Crippen LogP contribution in [0, 0.1) is 0 Å². The molecule has 0 radical (unpaired) electrons. The molecule has 1 aromatic rings. The van der Waals surface area contributed by atoms with Crippen LogP contribution in [-0.4, -0.2) is 51.7 Å². The van der Waals surface area contributed by atoms with Gasteiger partial charge in [-0.15, -0.1) is 0 Å². The zero-order valence-electron chi connectivity index (χ0n) is 10.2. The summed E-state index contributed by atoms with van der Waals surface area (Å²) in [7, 11) is 1.66. The molecule has 0 aliphatic carbocycles. The number of nitrogens with one attached hydrogen (secondary N) is 1. The SMILES string of the molecule is COCCOCCOCCNc1ccncc1. The highest BCUT2D eigenvalue weighted by Gasteiger charge is 1.91. The highest BCUT2D eigenvalue weighted by Crippen LogP contribution is 2.01. The predicted molar refractivity (Wildman–Crippen MR) is 66.2 cm³/mol. The van der Waals surface area contributed by atoms with Crippen molar-refractivity contribution in [3.05, 3.63) is 24.5 Å². The summed E-state index contributed by atoms with van der Waals surface area (Å²) in [6, 6.07) is 3.85. The number of nitrogens with zero attached hydrogens (tertiary/aromatic N) is 1. The van der Waals surface area contributed by atoms with Gasteiger partial charge in [-0.25, -0.2) is 0 Å². The molecule has 0 amide bonds. The molecule has 0 aliphatic rings. The Morgan fingerprint density at radius 1 is 1.00 bits per heavy atom. The van der Waals surface area contributed by atoms with Gasteiger partial charge in [0.1, 0.15) is 0 Å². The fraction of sp³-hybridized carbons (Fsp3) is 0.583. The van der Waals surface area contributed by atoms with Crippen molar-refractivity contribution in [3.63, 3.8) is 0 Å². The van der Waals surface area contributed by atoms with Gasteiger partial charge < -0.3 is 19.5 Å². The predicted octanol–water partition coefficient (Wildman–Crippen LogP) is 1.17. The molecule has 1 rings (SSSR count). The van der Waals surface area contributed by atoms with E-state index in [4.69, 9.17) is 14.2 Å². The van der Waals surface area contributed by atoms with Crippen molar-refractivity contribution in [3.8, 4) is 0 Å². The summed E-state index contributed by atoms with van der Waals surface area (Å²) in [5.41, 5.74) is 1.06. The van der Waals surface area contributed by atoms with E-state index in [-0.39, 0.29) is 0 Å². The zero-order chi connectivity index (χ0) is 12.2. The molecule has 5 nitrogen and oxygen atoms in total. The molecule has 0 atom stereocenters. The van der Waals surface area contributed by atoms with Crippen LogP contribution in [0.3, 0.4) is 0 Å². The molecule has 0 saturated carbocycles. The van der Waals surface area contributed by atoms with Crippen LogP contribution >= 0.6 is 0 Å². The molecular weight excluding hydrogens is 220 g/mol. The summed E-state index contributed by atoms with van der Waals surface area (Å²) in [5.74, 6) is 0. The molecule has 0 unspecified atom stereocenters. The molecule has 17 heavy (non-hydrogen) atoms. The van der Waals surface area contributed by atoms with Crippen molar-refractivity contribution in [1.82, 2.24) is 4.98 Å². The van der Waals surface area contributed by atoms with Crippen molar-refractivity contribution in [2.24, 2.45) is 0 Å². The lowest BCUT2D eigenvalue weighted by atomic mass is 10.4. The Morgan fingerprint density at radius 2 is 1.65 bits per heavy atom. The molecule has 0 bridgehead atoms.